The lowest BCUT2D eigenvalue weighted by atomic mass is 10.2. The molecule has 1 unspecified atom stereocenters. The van der Waals surface area contributed by atoms with Gasteiger partial charge in [0.2, 0.25) is 5.95 Å². The van der Waals surface area contributed by atoms with Crippen molar-refractivity contribution in [2.75, 3.05) is 28.3 Å². The van der Waals surface area contributed by atoms with E-state index in [2.05, 4.69) is 20.2 Å². The van der Waals surface area contributed by atoms with Gasteiger partial charge in [0.15, 0.2) is 9.84 Å². The van der Waals surface area contributed by atoms with Gasteiger partial charge in [-0.15, -0.1) is 0 Å². The average Bonchev–Trinajstić information content (AvgIpc) is 2.94. The zero-order valence-corrected chi connectivity index (χ0v) is 15.5. The Labute approximate surface area is 149 Å². The highest BCUT2D eigenvalue weighted by molar-refractivity contribution is 7.91. The van der Waals surface area contributed by atoms with Gasteiger partial charge in [0.05, 0.1) is 11.5 Å². The van der Waals surface area contributed by atoms with Gasteiger partial charge in [-0.1, -0.05) is 30.3 Å². The summed E-state index contributed by atoms with van der Waals surface area (Å²) >= 11 is 0. The van der Waals surface area contributed by atoms with Crippen molar-refractivity contribution in [3.8, 4) is 0 Å². The summed E-state index contributed by atoms with van der Waals surface area (Å²) in [5, 5.41) is 3.26. The third-order valence-corrected chi connectivity index (χ3v) is 6.17. The monoisotopic (exact) mass is 360 g/mol. The van der Waals surface area contributed by atoms with Gasteiger partial charge in [-0.3, -0.25) is 0 Å². The van der Waals surface area contributed by atoms with E-state index in [1.165, 1.54) is 0 Å². The lowest BCUT2D eigenvalue weighted by Gasteiger charge is -2.28. The summed E-state index contributed by atoms with van der Waals surface area (Å²) in [7, 11) is -2.93. The summed E-state index contributed by atoms with van der Waals surface area (Å²) in [4.78, 5) is 11.2. The molecule has 3 rings (SSSR count). The molecule has 0 radical (unpaired) electrons. The number of aryl methyl sites for hydroxylation is 1. The van der Waals surface area contributed by atoms with E-state index in [9.17, 15) is 8.42 Å². The molecule has 0 spiro atoms. The van der Waals surface area contributed by atoms with Crippen molar-refractivity contribution in [2.45, 2.75) is 32.9 Å². The summed E-state index contributed by atoms with van der Waals surface area (Å²) in [5.74, 6) is 1.82. The fourth-order valence-electron chi connectivity index (χ4n) is 3.18. The molecule has 1 aliphatic rings. The van der Waals surface area contributed by atoms with Crippen LogP contribution in [0.2, 0.25) is 0 Å². The van der Waals surface area contributed by atoms with E-state index in [0.29, 0.717) is 18.9 Å². The number of aromatic nitrogens is 2. The topological polar surface area (TPSA) is 75.2 Å². The normalized spacial score (nSPS) is 18.9. The van der Waals surface area contributed by atoms with E-state index in [-0.39, 0.29) is 17.5 Å². The SMILES string of the molecule is CCN(c1cc(C)nc(NCc2ccccc2)n1)C1CCS(=O)(=O)C1. The van der Waals surface area contributed by atoms with Gasteiger partial charge in [-0.25, -0.2) is 13.4 Å². The third-order valence-electron chi connectivity index (χ3n) is 4.42. The minimum absolute atomic E-state index is 0.00808. The molecule has 2 aromatic rings. The molecule has 1 N–H and O–H groups in total. The van der Waals surface area contributed by atoms with Crippen LogP contribution < -0.4 is 10.2 Å². The first-order chi connectivity index (χ1) is 12.0. The second-order valence-corrected chi connectivity index (χ2v) is 8.60. The van der Waals surface area contributed by atoms with Gasteiger partial charge >= 0.3 is 0 Å². The number of rotatable bonds is 6. The molecule has 1 saturated heterocycles. The Morgan fingerprint density at radius 3 is 2.64 bits per heavy atom. The minimum Gasteiger partial charge on any atom is -0.353 e. The number of nitrogens with one attached hydrogen (secondary N) is 1. The highest BCUT2D eigenvalue weighted by Crippen LogP contribution is 2.24. The first-order valence-corrected chi connectivity index (χ1v) is 10.4. The van der Waals surface area contributed by atoms with Crippen molar-refractivity contribution in [2.24, 2.45) is 0 Å². The number of anilines is 2. The molecule has 7 heteroatoms. The summed E-state index contributed by atoms with van der Waals surface area (Å²) < 4.78 is 23.6. The van der Waals surface area contributed by atoms with E-state index in [0.717, 1.165) is 23.6 Å². The van der Waals surface area contributed by atoms with Crippen LogP contribution in [0, 0.1) is 6.92 Å². The second kappa shape index (κ2) is 7.39. The highest BCUT2D eigenvalue weighted by Gasteiger charge is 2.32. The third kappa shape index (κ3) is 4.48. The van der Waals surface area contributed by atoms with Crippen molar-refractivity contribution < 1.29 is 8.42 Å². The van der Waals surface area contributed by atoms with Crippen molar-refractivity contribution >= 4 is 21.6 Å². The lowest BCUT2D eigenvalue weighted by Crippen LogP contribution is -2.37. The van der Waals surface area contributed by atoms with Crippen LogP contribution in [-0.2, 0) is 16.4 Å². The smallest absolute Gasteiger partial charge is 0.225 e. The summed E-state index contributed by atoms with van der Waals surface area (Å²) in [6.07, 6.45) is 0.659. The van der Waals surface area contributed by atoms with E-state index in [1.807, 2.05) is 50.2 Å². The van der Waals surface area contributed by atoms with Crippen molar-refractivity contribution in [3.05, 3.63) is 47.7 Å². The maximum atomic E-state index is 11.8. The average molecular weight is 360 g/mol. The Morgan fingerprint density at radius 1 is 1.24 bits per heavy atom. The fraction of sp³-hybridized carbons (Fsp3) is 0.444. The Hall–Kier alpha value is -2.15. The molecule has 1 aromatic heterocycles. The molecule has 1 fully saturated rings. The van der Waals surface area contributed by atoms with E-state index in [4.69, 9.17) is 0 Å². The summed E-state index contributed by atoms with van der Waals surface area (Å²) in [6, 6.07) is 12.0. The van der Waals surface area contributed by atoms with Crippen LogP contribution in [0.4, 0.5) is 11.8 Å². The largest absolute Gasteiger partial charge is 0.353 e. The Kier molecular flexibility index (Phi) is 5.22. The quantitative estimate of drug-likeness (QED) is 0.853. The Morgan fingerprint density at radius 2 is 2.00 bits per heavy atom. The van der Waals surface area contributed by atoms with Gasteiger partial charge in [0, 0.05) is 30.9 Å². The van der Waals surface area contributed by atoms with Crippen LogP contribution in [-0.4, -0.2) is 42.5 Å². The van der Waals surface area contributed by atoms with Crippen molar-refractivity contribution in [3.63, 3.8) is 0 Å². The molecule has 1 aromatic carbocycles. The van der Waals surface area contributed by atoms with Gasteiger partial charge in [-0.05, 0) is 25.8 Å². The first kappa shape index (κ1) is 17.7. The van der Waals surface area contributed by atoms with Gasteiger partial charge in [-0.2, -0.15) is 4.98 Å². The summed E-state index contributed by atoms with van der Waals surface area (Å²) in [6.45, 7) is 5.32. The number of hydrogen-bond donors (Lipinski definition) is 1. The molecule has 0 bridgehead atoms. The number of hydrogen-bond acceptors (Lipinski definition) is 6. The van der Waals surface area contributed by atoms with Gasteiger partial charge < -0.3 is 10.2 Å². The van der Waals surface area contributed by atoms with E-state index < -0.39 is 9.84 Å². The molecule has 134 valence electrons. The molecule has 6 nitrogen and oxygen atoms in total. The standard InChI is InChI=1S/C18H24N4O2S/c1-3-22(16-9-10-25(23,24)13-16)17-11-14(2)20-18(21-17)19-12-15-7-5-4-6-8-15/h4-8,11,16H,3,9-10,12-13H2,1-2H3,(H,19,20,21). The first-order valence-electron chi connectivity index (χ1n) is 8.57. The van der Waals surface area contributed by atoms with Crippen molar-refractivity contribution in [1.29, 1.82) is 0 Å². The number of nitrogens with zero attached hydrogens (tertiary/aromatic N) is 3. The molecule has 0 amide bonds. The molecule has 1 aliphatic heterocycles. The molecule has 1 atom stereocenters. The second-order valence-electron chi connectivity index (χ2n) is 6.37. The van der Waals surface area contributed by atoms with Crippen LogP contribution in [0.3, 0.4) is 0 Å². The zero-order chi connectivity index (χ0) is 17.9. The molecule has 0 aliphatic carbocycles. The van der Waals surface area contributed by atoms with Crippen molar-refractivity contribution in [1.82, 2.24) is 9.97 Å². The molecule has 0 saturated carbocycles. The Bertz CT molecular complexity index is 824. The number of benzene rings is 1. The van der Waals surface area contributed by atoms with Gasteiger partial charge in [0.25, 0.3) is 0 Å². The van der Waals surface area contributed by atoms with E-state index in [1.54, 1.807) is 0 Å². The molecular formula is C18H24N4O2S. The highest BCUT2D eigenvalue weighted by atomic mass is 32.2. The summed E-state index contributed by atoms with van der Waals surface area (Å²) in [5.41, 5.74) is 2.02. The number of sulfone groups is 1. The molecule has 2 heterocycles. The minimum atomic E-state index is -2.93. The molecule has 25 heavy (non-hydrogen) atoms. The maximum Gasteiger partial charge on any atom is 0.225 e. The predicted molar refractivity (Wildman–Crippen MR) is 101 cm³/mol. The van der Waals surface area contributed by atoms with Crippen LogP contribution in [0.5, 0.6) is 0 Å². The Balaban J connectivity index is 1.78. The zero-order valence-electron chi connectivity index (χ0n) is 14.6. The fourth-order valence-corrected chi connectivity index (χ4v) is 4.91. The van der Waals surface area contributed by atoms with Crippen LogP contribution >= 0.6 is 0 Å². The predicted octanol–water partition coefficient (Wildman–Crippen LogP) is 2.41. The lowest BCUT2D eigenvalue weighted by molar-refractivity contribution is 0.599. The van der Waals surface area contributed by atoms with Crippen LogP contribution in [0.15, 0.2) is 36.4 Å². The molecular weight excluding hydrogens is 336 g/mol. The van der Waals surface area contributed by atoms with E-state index >= 15 is 0 Å². The maximum absolute atomic E-state index is 11.8. The van der Waals surface area contributed by atoms with Crippen LogP contribution in [0.1, 0.15) is 24.6 Å². The van der Waals surface area contributed by atoms with Gasteiger partial charge in [0.1, 0.15) is 5.82 Å². The van der Waals surface area contributed by atoms with Crippen LogP contribution in [0.25, 0.3) is 0 Å².